The Morgan fingerprint density at radius 2 is 2.06 bits per heavy atom. The topological polar surface area (TPSA) is 18.5 Å². The third-order valence-electron chi connectivity index (χ3n) is 3.82. The third kappa shape index (κ3) is 4.04. The van der Waals surface area contributed by atoms with Gasteiger partial charge in [-0.2, -0.15) is 0 Å². The quantitative estimate of drug-likeness (QED) is 0.766. The van der Waals surface area contributed by atoms with Gasteiger partial charge in [-0.1, -0.05) is 6.92 Å². The molecule has 1 unspecified atom stereocenters. The first kappa shape index (κ1) is 13.9. The fourth-order valence-electron chi connectivity index (χ4n) is 2.34. The van der Waals surface area contributed by atoms with E-state index in [9.17, 15) is 0 Å². The maximum absolute atomic E-state index is 3.57. The summed E-state index contributed by atoms with van der Waals surface area (Å²) in [6, 6.07) is 0.705. The predicted molar refractivity (Wildman–Crippen MR) is 70.9 cm³/mol. The van der Waals surface area contributed by atoms with E-state index in [1.165, 1.54) is 32.5 Å². The highest BCUT2D eigenvalue weighted by Crippen LogP contribution is 2.16. The van der Waals surface area contributed by atoms with Crippen molar-refractivity contribution in [2.75, 3.05) is 40.3 Å². The molecule has 1 atom stereocenters. The van der Waals surface area contributed by atoms with Crippen LogP contribution < -0.4 is 5.32 Å². The molecular weight excluding hydrogens is 198 g/mol. The summed E-state index contributed by atoms with van der Waals surface area (Å²) in [7, 11) is 4.34. The van der Waals surface area contributed by atoms with Crippen LogP contribution in [0.15, 0.2) is 0 Å². The summed E-state index contributed by atoms with van der Waals surface area (Å²) in [6.07, 6.45) is 2.67. The minimum atomic E-state index is 0.272. The SMILES string of the molecule is CCNC1CCCN(CC(C)(C)N(C)C)C1. The Morgan fingerprint density at radius 3 is 2.62 bits per heavy atom. The van der Waals surface area contributed by atoms with Crippen LogP contribution in [0, 0.1) is 0 Å². The summed E-state index contributed by atoms with van der Waals surface area (Å²) >= 11 is 0. The lowest BCUT2D eigenvalue weighted by atomic mass is 9.99. The van der Waals surface area contributed by atoms with Gasteiger partial charge in [-0.15, -0.1) is 0 Å². The molecule has 3 heteroatoms. The molecule has 0 spiro atoms. The zero-order chi connectivity index (χ0) is 12.2. The molecule has 0 aliphatic carbocycles. The highest BCUT2D eigenvalue weighted by molar-refractivity contribution is 4.86. The summed E-state index contributed by atoms with van der Waals surface area (Å²) < 4.78 is 0. The van der Waals surface area contributed by atoms with Crippen molar-refractivity contribution >= 4 is 0 Å². The van der Waals surface area contributed by atoms with Crippen molar-refractivity contribution < 1.29 is 0 Å². The molecule has 0 amide bonds. The van der Waals surface area contributed by atoms with Gasteiger partial charge in [-0.05, 0) is 53.9 Å². The molecule has 0 aromatic rings. The van der Waals surface area contributed by atoms with Crippen molar-refractivity contribution in [1.82, 2.24) is 15.1 Å². The number of nitrogens with one attached hydrogen (secondary N) is 1. The molecule has 0 radical (unpaired) electrons. The van der Waals surface area contributed by atoms with Gasteiger partial charge in [0.15, 0.2) is 0 Å². The Bertz CT molecular complexity index is 199. The summed E-state index contributed by atoms with van der Waals surface area (Å²) in [4.78, 5) is 4.93. The van der Waals surface area contributed by atoms with E-state index in [2.05, 4.69) is 50.0 Å². The third-order valence-corrected chi connectivity index (χ3v) is 3.82. The number of hydrogen-bond acceptors (Lipinski definition) is 3. The van der Waals surface area contributed by atoms with Gasteiger partial charge >= 0.3 is 0 Å². The first-order valence-corrected chi connectivity index (χ1v) is 6.59. The highest BCUT2D eigenvalue weighted by atomic mass is 15.2. The number of nitrogens with zero attached hydrogens (tertiary/aromatic N) is 2. The number of likely N-dealkylation sites (tertiary alicyclic amines) is 1. The normalized spacial score (nSPS) is 24.0. The monoisotopic (exact) mass is 227 g/mol. The van der Waals surface area contributed by atoms with E-state index >= 15 is 0 Å². The van der Waals surface area contributed by atoms with Crippen molar-refractivity contribution in [3.8, 4) is 0 Å². The summed E-state index contributed by atoms with van der Waals surface area (Å²) in [5, 5.41) is 3.57. The van der Waals surface area contributed by atoms with Crippen LogP contribution in [-0.4, -0.2) is 61.7 Å². The molecule has 1 heterocycles. The molecule has 0 saturated carbocycles. The van der Waals surface area contributed by atoms with Crippen molar-refractivity contribution in [3.05, 3.63) is 0 Å². The average Bonchev–Trinajstić information content (AvgIpc) is 2.17. The van der Waals surface area contributed by atoms with Crippen LogP contribution in [0.1, 0.15) is 33.6 Å². The van der Waals surface area contributed by atoms with Crippen LogP contribution in [0.25, 0.3) is 0 Å². The second-order valence-corrected chi connectivity index (χ2v) is 5.84. The molecule has 0 aromatic carbocycles. The van der Waals surface area contributed by atoms with Crippen LogP contribution >= 0.6 is 0 Å². The molecule has 1 aliphatic rings. The second kappa shape index (κ2) is 5.99. The van der Waals surface area contributed by atoms with E-state index in [1.807, 2.05) is 0 Å². The molecule has 1 saturated heterocycles. The standard InChI is InChI=1S/C13H29N3/c1-6-14-12-8-7-9-16(10-12)11-13(2,3)15(4)5/h12,14H,6-11H2,1-5H3. The lowest BCUT2D eigenvalue weighted by Gasteiger charge is -2.41. The first-order valence-electron chi connectivity index (χ1n) is 6.59. The number of hydrogen-bond donors (Lipinski definition) is 1. The van der Waals surface area contributed by atoms with E-state index in [1.54, 1.807) is 0 Å². The van der Waals surface area contributed by atoms with Crippen LogP contribution in [-0.2, 0) is 0 Å². The zero-order valence-electron chi connectivity index (χ0n) is 11.7. The second-order valence-electron chi connectivity index (χ2n) is 5.84. The van der Waals surface area contributed by atoms with E-state index in [0.717, 1.165) is 6.54 Å². The van der Waals surface area contributed by atoms with Gasteiger partial charge in [0.1, 0.15) is 0 Å². The molecule has 3 nitrogen and oxygen atoms in total. The van der Waals surface area contributed by atoms with Crippen LogP contribution in [0.2, 0.25) is 0 Å². The summed E-state index contributed by atoms with van der Waals surface area (Å²) in [5.74, 6) is 0. The maximum Gasteiger partial charge on any atom is 0.0274 e. The Labute approximate surface area is 101 Å². The van der Waals surface area contributed by atoms with E-state index in [-0.39, 0.29) is 5.54 Å². The van der Waals surface area contributed by atoms with Gasteiger partial charge in [0.2, 0.25) is 0 Å². The predicted octanol–water partition coefficient (Wildman–Crippen LogP) is 1.40. The highest BCUT2D eigenvalue weighted by Gasteiger charge is 2.27. The number of piperidine rings is 1. The van der Waals surface area contributed by atoms with E-state index in [4.69, 9.17) is 0 Å². The molecule has 0 bridgehead atoms. The molecule has 1 rings (SSSR count). The molecule has 1 aliphatic heterocycles. The van der Waals surface area contributed by atoms with Crippen LogP contribution in [0.4, 0.5) is 0 Å². The lowest BCUT2D eigenvalue weighted by molar-refractivity contribution is 0.0947. The van der Waals surface area contributed by atoms with Crippen LogP contribution in [0.3, 0.4) is 0 Å². The van der Waals surface area contributed by atoms with Gasteiger partial charge in [-0.3, -0.25) is 4.90 Å². The first-order chi connectivity index (χ1) is 7.45. The van der Waals surface area contributed by atoms with Gasteiger partial charge in [0.05, 0.1) is 0 Å². The Balaban J connectivity index is 2.42. The fourth-order valence-corrected chi connectivity index (χ4v) is 2.34. The Kier molecular flexibility index (Phi) is 5.22. The molecule has 1 fully saturated rings. The van der Waals surface area contributed by atoms with Crippen molar-refractivity contribution in [2.45, 2.75) is 45.2 Å². The van der Waals surface area contributed by atoms with Gasteiger partial charge < -0.3 is 10.2 Å². The smallest absolute Gasteiger partial charge is 0.0274 e. The molecule has 0 aromatic heterocycles. The van der Waals surface area contributed by atoms with Gasteiger partial charge in [0, 0.05) is 24.7 Å². The van der Waals surface area contributed by atoms with E-state index in [0.29, 0.717) is 6.04 Å². The molecule has 96 valence electrons. The zero-order valence-corrected chi connectivity index (χ0v) is 11.7. The minimum Gasteiger partial charge on any atom is -0.313 e. The summed E-state index contributed by atoms with van der Waals surface area (Å²) in [6.45, 7) is 11.6. The number of likely N-dealkylation sites (N-methyl/N-ethyl adjacent to an activating group) is 2. The largest absolute Gasteiger partial charge is 0.313 e. The van der Waals surface area contributed by atoms with Crippen molar-refractivity contribution in [3.63, 3.8) is 0 Å². The fraction of sp³-hybridized carbons (Fsp3) is 1.00. The molecular formula is C13H29N3. The minimum absolute atomic E-state index is 0.272. The van der Waals surface area contributed by atoms with Crippen molar-refractivity contribution in [2.24, 2.45) is 0 Å². The van der Waals surface area contributed by atoms with Crippen LogP contribution in [0.5, 0.6) is 0 Å². The molecule has 1 N–H and O–H groups in total. The maximum atomic E-state index is 3.57. The Hall–Kier alpha value is -0.120. The average molecular weight is 227 g/mol. The molecule has 16 heavy (non-hydrogen) atoms. The van der Waals surface area contributed by atoms with E-state index < -0.39 is 0 Å². The van der Waals surface area contributed by atoms with Gasteiger partial charge in [0.25, 0.3) is 0 Å². The summed E-state index contributed by atoms with van der Waals surface area (Å²) in [5.41, 5.74) is 0.272. The van der Waals surface area contributed by atoms with Gasteiger partial charge in [-0.25, -0.2) is 0 Å². The van der Waals surface area contributed by atoms with Crippen molar-refractivity contribution in [1.29, 1.82) is 0 Å². The lowest BCUT2D eigenvalue weighted by Crippen LogP contribution is -2.53. The Morgan fingerprint density at radius 1 is 1.38 bits per heavy atom. The number of rotatable bonds is 5.